The minimum absolute atomic E-state index is 0.0684. The number of benzene rings is 2. The average Bonchev–Trinajstić information content (AvgIpc) is 2.68. The molecule has 5 nitrogen and oxygen atoms in total. The van der Waals surface area contributed by atoms with Gasteiger partial charge in [-0.15, -0.1) is 0 Å². The monoisotopic (exact) mass is 398 g/mol. The van der Waals surface area contributed by atoms with Crippen molar-refractivity contribution in [2.45, 2.75) is 72.0 Å². The van der Waals surface area contributed by atoms with E-state index in [4.69, 9.17) is 9.47 Å². The van der Waals surface area contributed by atoms with E-state index in [1.54, 1.807) is 0 Å². The van der Waals surface area contributed by atoms with E-state index in [-0.39, 0.29) is 30.4 Å². The highest BCUT2D eigenvalue weighted by molar-refractivity contribution is 5.95. The van der Waals surface area contributed by atoms with Crippen LogP contribution in [-0.2, 0) is 20.7 Å². The highest BCUT2D eigenvalue weighted by atomic mass is 16.5. The topological polar surface area (TPSA) is 72.8 Å². The molecular formula is C24H30O5. The summed E-state index contributed by atoms with van der Waals surface area (Å²) in [5, 5.41) is 11.8. The van der Waals surface area contributed by atoms with Gasteiger partial charge in [-0.05, 0) is 55.2 Å². The van der Waals surface area contributed by atoms with E-state index in [1.807, 2.05) is 45.9 Å². The van der Waals surface area contributed by atoms with Crippen LogP contribution in [-0.4, -0.2) is 29.3 Å². The number of hydrogen-bond donors (Lipinski definition) is 1. The summed E-state index contributed by atoms with van der Waals surface area (Å²) < 4.78 is 11.3. The van der Waals surface area contributed by atoms with E-state index in [2.05, 4.69) is 6.07 Å². The Bertz CT molecular complexity index is 917. The maximum atomic E-state index is 12.5. The summed E-state index contributed by atoms with van der Waals surface area (Å²) in [6.07, 6.45) is 1.61. The van der Waals surface area contributed by atoms with Crippen LogP contribution in [0.2, 0.25) is 0 Å². The lowest BCUT2D eigenvalue weighted by atomic mass is 9.93. The van der Waals surface area contributed by atoms with Gasteiger partial charge >= 0.3 is 11.9 Å². The van der Waals surface area contributed by atoms with Crippen LogP contribution in [0.4, 0.5) is 0 Å². The Morgan fingerprint density at radius 1 is 1.34 bits per heavy atom. The Labute approximate surface area is 172 Å². The molecule has 3 atom stereocenters. The molecule has 5 heteroatoms. The number of hydrogen-bond acceptors (Lipinski definition) is 5. The third-order valence-electron chi connectivity index (χ3n) is 5.90. The number of cyclic esters (lactones) is 1. The van der Waals surface area contributed by atoms with Crippen LogP contribution in [0.3, 0.4) is 0 Å². The van der Waals surface area contributed by atoms with Crippen LogP contribution in [0.5, 0.6) is 5.75 Å². The molecule has 1 aliphatic rings. The van der Waals surface area contributed by atoms with E-state index in [1.165, 1.54) is 0 Å². The van der Waals surface area contributed by atoms with Crippen molar-refractivity contribution in [3.63, 3.8) is 0 Å². The number of aryl methyl sites for hydroxylation is 2. The molecule has 0 aromatic heterocycles. The molecule has 1 N–H and O–H groups in total. The van der Waals surface area contributed by atoms with Gasteiger partial charge in [0.25, 0.3) is 0 Å². The Balaban J connectivity index is 1.94. The highest BCUT2D eigenvalue weighted by Crippen LogP contribution is 2.36. The molecule has 0 aliphatic carbocycles. The lowest BCUT2D eigenvalue weighted by Gasteiger charge is -2.26. The first-order valence-electron chi connectivity index (χ1n) is 10.4. The maximum absolute atomic E-state index is 12.5. The molecule has 0 bridgehead atoms. The van der Waals surface area contributed by atoms with Crippen LogP contribution in [0.15, 0.2) is 24.3 Å². The van der Waals surface area contributed by atoms with Gasteiger partial charge in [0.15, 0.2) is 0 Å². The normalized spacial score (nSPS) is 20.4. The van der Waals surface area contributed by atoms with Crippen LogP contribution in [0, 0.1) is 19.8 Å². The molecule has 1 aliphatic heterocycles. The fourth-order valence-corrected chi connectivity index (χ4v) is 3.78. The molecule has 0 amide bonds. The quantitative estimate of drug-likeness (QED) is 0.576. The number of carbonyl (C=O) groups excluding carboxylic acids is 2. The maximum Gasteiger partial charge on any atom is 0.314 e. The van der Waals surface area contributed by atoms with Gasteiger partial charge in [-0.2, -0.15) is 0 Å². The fraction of sp³-hybridized carbons (Fsp3) is 0.500. The summed E-state index contributed by atoms with van der Waals surface area (Å²) >= 11 is 0. The molecular weight excluding hydrogens is 368 g/mol. The number of aliphatic hydroxyl groups is 1. The number of esters is 2. The van der Waals surface area contributed by atoms with Crippen molar-refractivity contribution < 1.29 is 24.2 Å². The molecule has 1 heterocycles. The second kappa shape index (κ2) is 8.95. The zero-order valence-electron chi connectivity index (χ0n) is 17.7. The minimum Gasteiger partial charge on any atom is -0.462 e. The molecule has 0 saturated carbocycles. The van der Waals surface area contributed by atoms with Crippen LogP contribution in [0.25, 0.3) is 10.8 Å². The van der Waals surface area contributed by atoms with Gasteiger partial charge in [-0.1, -0.05) is 38.1 Å². The number of rotatable bonds is 6. The van der Waals surface area contributed by atoms with Crippen molar-refractivity contribution in [1.82, 2.24) is 0 Å². The standard InChI is InChI=1S/C24H30O5/c1-5-14(2)24(27)29-23-16(4)15(3)11-18-8-6-7-17(22(18)23)9-10-20-12-19(25)13-21(26)28-20/h6-8,11,14,19-20,25H,5,9-10,12-13H2,1-4H3/t14-,19+,20+/m0/s1. The van der Waals surface area contributed by atoms with Gasteiger partial charge in [0.1, 0.15) is 11.9 Å². The van der Waals surface area contributed by atoms with Crippen LogP contribution >= 0.6 is 0 Å². The highest BCUT2D eigenvalue weighted by Gasteiger charge is 2.27. The second-order valence-corrected chi connectivity index (χ2v) is 8.14. The van der Waals surface area contributed by atoms with Crippen molar-refractivity contribution >= 4 is 22.7 Å². The molecule has 2 aromatic rings. The van der Waals surface area contributed by atoms with Gasteiger partial charge in [0.2, 0.25) is 0 Å². The second-order valence-electron chi connectivity index (χ2n) is 8.14. The molecule has 0 radical (unpaired) electrons. The van der Waals surface area contributed by atoms with Crippen LogP contribution in [0.1, 0.15) is 56.2 Å². The number of fused-ring (bicyclic) bond motifs is 1. The summed E-state index contributed by atoms with van der Waals surface area (Å²) in [5.74, 6) is -0.107. The molecule has 1 fully saturated rings. The van der Waals surface area contributed by atoms with E-state index >= 15 is 0 Å². The Hall–Kier alpha value is -2.40. The summed E-state index contributed by atoms with van der Waals surface area (Å²) in [4.78, 5) is 24.1. The lowest BCUT2D eigenvalue weighted by molar-refractivity contribution is -0.160. The number of carbonyl (C=O) groups is 2. The van der Waals surface area contributed by atoms with Gasteiger partial charge in [-0.25, -0.2) is 0 Å². The first-order chi connectivity index (χ1) is 13.8. The van der Waals surface area contributed by atoms with Crippen molar-refractivity contribution in [1.29, 1.82) is 0 Å². The molecule has 0 spiro atoms. The van der Waals surface area contributed by atoms with Crippen molar-refractivity contribution in [3.05, 3.63) is 41.0 Å². The first kappa shape index (κ1) is 21.3. The molecule has 3 rings (SSSR count). The fourth-order valence-electron chi connectivity index (χ4n) is 3.78. The van der Waals surface area contributed by atoms with Crippen molar-refractivity contribution in [3.8, 4) is 5.75 Å². The molecule has 1 saturated heterocycles. The average molecular weight is 398 g/mol. The first-order valence-corrected chi connectivity index (χ1v) is 10.4. The summed E-state index contributed by atoms with van der Waals surface area (Å²) in [5.41, 5.74) is 3.08. The Morgan fingerprint density at radius 2 is 2.10 bits per heavy atom. The van der Waals surface area contributed by atoms with E-state index in [0.717, 1.165) is 33.9 Å². The molecule has 156 valence electrons. The zero-order chi connectivity index (χ0) is 21.1. The molecule has 0 unspecified atom stereocenters. The van der Waals surface area contributed by atoms with E-state index < -0.39 is 6.10 Å². The largest absolute Gasteiger partial charge is 0.462 e. The third kappa shape index (κ3) is 4.78. The minimum atomic E-state index is -0.634. The summed E-state index contributed by atoms with van der Waals surface area (Å²) in [6.45, 7) is 7.84. The zero-order valence-corrected chi connectivity index (χ0v) is 17.7. The summed E-state index contributed by atoms with van der Waals surface area (Å²) in [6, 6.07) is 8.16. The molecule has 2 aromatic carbocycles. The van der Waals surface area contributed by atoms with Crippen molar-refractivity contribution in [2.75, 3.05) is 0 Å². The predicted molar refractivity (Wildman–Crippen MR) is 112 cm³/mol. The van der Waals surface area contributed by atoms with Gasteiger partial charge in [-0.3, -0.25) is 9.59 Å². The van der Waals surface area contributed by atoms with Crippen molar-refractivity contribution in [2.24, 2.45) is 5.92 Å². The van der Waals surface area contributed by atoms with Gasteiger partial charge in [0.05, 0.1) is 18.4 Å². The number of ether oxygens (including phenoxy) is 2. The summed E-state index contributed by atoms with van der Waals surface area (Å²) in [7, 11) is 0. The predicted octanol–water partition coefficient (Wildman–Crippen LogP) is 4.41. The number of aliphatic hydroxyl groups excluding tert-OH is 1. The smallest absolute Gasteiger partial charge is 0.314 e. The van der Waals surface area contributed by atoms with Crippen LogP contribution < -0.4 is 4.74 Å². The van der Waals surface area contributed by atoms with E-state index in [0.29, 0.717) is 25.0 Å². The SMILES string of the molecule is CC[C@H](C)C(=O)Oc1c(C)c(C)cc2cccc(CC[C@@H]3C[C@@H](O)CC(=O)O3)c12. The molecule has 29 heavy (non-hydrogen) atoms. The third-order valence-corrected chi connectivity index (χ3v) is 5.90. The lowest BCUT2D eigenvalue weighted by Crippen LogP contribution is -2.32. The van der Waals surface area contributed by atoms with E-state index in [9.17, 15) is 14.7 Å². The van der Waals surface area contributed by atoms with Gasteiger partial charge in [0, 0.05) is 11.8 Å². The Kier molecular flexibility index (Phi) is 6.58. The van der Waals surface area contributed by atoms with Gasteiger partial charge < -0.3 is 14.6 Å². The Morgan fingerprint density at radius 3 is 2.79 bits per heavy atom.